The summed E-state index contributed by atoms with van der Waals surface area (Å²) in [5, 5.41) is 0.964. The van der Waals surface area contributed by atoms with Crippen molar-refractivity contribution in [1.82, 2.24) is 15.0 Å². The molecule has 8 heteroatoms. The summed E-state index contributed by atoms with van der Waals surface area (Å²) in [6.45, 7) is 4.22. The average molecular weight is 355 g/mol. The van der Waals surface area contributed by atoms with E-state index in [4.69, 9.17) is 16.3 Å². The topological polar surface area (TPSA) is 51.1 Å². The first kappa shape index (κ1) is 16.4. The fourth-order valence-electron chi connectivity index (χ4n) is 2.34. The molecule has 3 heterocycles. The molecule has 0 aromatic carbocycles. The Balaban J connectivity index is 1.73. The van der Waals surface area contributed by atoms with Crippen molar-refractivity contribution >= 4 is 29.2 Å². The quantitative estimate of drug-likeness (QED) is 0.621. The molecule has 0 N–H and O–H groups in total. The fourth-order valence-corrected chi connectivity index (χ4v) is 3.27. The summed E-state index contributed by atoms with van der Waals surface area (Å²) < 4.78 is 18.3. The number of ether oxygens (including phenoxy) is 1. The molecule has 5 nitrogen and oxygen atoms in total. The lowest BCUT2D eigenvalue weighted by atomic mass is 10.2. The molecule has 1 saturated heterocycles. The average Bonchev–Trinajstić information content (AvgIpc) is 2.54. The number of pyridine rings is 1. The summed E-state index contributed by atoms with van der Waals surface area (Å²) in [4.78, 5) is 14.8. The van der Waals surface area contributed by atoms with Crippen LogP contribution < -0.4 is 4.90 Å². The lowest BCUT2D eigenvalue weighted by Gasteiger charge is -2.34. The normalized spacial score (nSPS) is 18.2. The van der Waals surface area contributed by atoms with E-state index in [1.54, 1.807) is 6.07 Å². The van der Waals surface area contributed by atoms with Crippen LogP contribution in [0.4, 0.5) is 10.2 Å². The first-order valence-electron chi connectivity index (χ1n) is 7.24. The van der Waals surface area contributed by atoms with Crippen molar-refractivity contribution in [1.29, 1.82) is 0 Å². The summed E-state index contributed by atoms with van der Waals surface area (Å²) in [5.74, 6) is 1.05. The van der Waals surface area contributed by atoms with Gasteiger partial charge in [0, 0.05) is 18.4 Å². The van der Waals surface area contributed by atoms with Crippen molar-refractivity contribution in [3.63, 3.8) is 0 Å². The van der Waals surface area contributed by atoms with Gasteiger partial charge in [-0.3, -0.25) is 0 Å². The third-order valence-corrected chi connectivity index (χ3v) is 4.61. The monoisotopic (exact) mass is 354 g/mol. The summed E-state index contributed by atoms with van der Waals surface area (Å²) in [6.07, 6.45) is 1.20. The smallest absolute Gasteiger partial charge is 0.224 e. The van der Waals surface area contributed by atoms with E-state index in [1.807, 2.05) is 6.07 Å². The summed E-state index contributed by atoms with van der Waals surface area (Å²) in [7, 11) is 0. The molecule has 0 spiro atoms. The van der Waals surface area contributed by atoms with E-state index in [0.717, 1.165) is 23.1 Å². The molecule has 2 aromatic rings. The second kappa shape index (κ2) is 7.42. The molecule has 2 aromatic heterocycles. The molecule has 1 aliphatic rings. The van der Waals surface area contributed by atoms with Crippen molar-refractivity contribution in [2.75, 3.05) is 24.7 Å². The lowest BCUT2D eigenvalue weighted by Crippen LogP contribution is -2.44. The number of morpholine rings is 1. The molecule has 0 aliphatic carbocycles. The van der Waals surface area contributed by atoms with Crippen LogP contribution in [0, 0.1) is 5.82 Å². The third kappa shape index (κ3) is 4.31. The van der Waals surface area contributed by atoms with Gasteiger partial charge in [-0.15, -0.1) is 11.8 Å². The fraction of sp³-hybridized carbons (Fsp3) is 0.400. The van der Waals surface area contributed by atoms with Gasteiger partial charge in [0.2, 0.25) is 5.28 Å². The lowest BCUT2D eigenvalue weighted by molar-refractivity contribution is 0.0985. The Morgan fingerprint density at radius 2 is 2.30 bits per heavy atom. The maximum absolute atomic E-state index is 12.9. The summed E-state index contributed by atoms with van der Waals surface area (Å²) >= 11 is 7.54. The molecule has 0 bridgehead atoms. The number of hydrogen-bond acceptors (Lipinski definition) is 6. The van der Waals surface area contributed by atoms with Crippen LogP contribution in [0.5, 0.6) is 0 Å². The van der Waals surface area contributed by atoms with Crippen molar-refractivity contribution in [2.45, 2.75) is 23.7 Å². The Morgan fingerprint density at radius 3 is 3.04 bits per heavy atom. The van der Waals surface area contributed by atoms with Gasteiger partial charge in [-0.2, -0.15) is 0 Å². The maximum atomic E-state index is 12.9. The Bertz CT molecular complexity index is 673. The van der Waals surface area contributed by atoms with Crippen molar-refractivity contribution in [3.05, 3.63) is 41.2 Å². The second-order valence-electron chi connectivity index (χ2n) is 5.21. The zero-order valence-electron chi connectivity index (χ0n) is 12.6. The Hall–Kier alpha value is -1.44. The first-order chi connectivity index (χ1) is 11.1. The van der Waals surface area contributed by atoms with Crippen molar-refractivity contribution in [3.8, 4) is 0 Å². The number of rotatable bonds is 4. The molecular formula is C15H16ClFN4OS. The Morgan fingerprint density at radius 1 is 1.43 bits per heavy atom. The molecule has 1 atom stereocenters. The molecule has 1 fully saturated rings. The number of anilines is 1. The standard InChI is InChI=1S/C15H16ClFN4OS/c1-10-8-22-5-4-21(10)13-6-12(19-15(16)20-13)9-23-14-3-2-11(17)7-18-14/h2-3,6-7,10H,4-5,8-9H2,1H3/t10-/m0/s1. The van der Waals surface area contributed by atoms with Crippen LogP contribution in [0.25, 0.3) is 0 Å². The minimum absolute atomic E-state index is 0.226. The minimum Gasteiger partial charge on any atom is -0.377 e. The predicted molar refractivity (Wildman–Crippen MR) is 88.4 cm³/mol. The van der Waals surface area contributed by atoms with E-state index in [-0.39, 0.29) is 17.1 Å². The molecule has 0 unspecified atom stereocenters. The SMILES string of the molecule is C[C@H]1COCCN1c1cc(CSc2ccc(F)cn2)nc(Cl)n1. The minimum atomic E-state index is -0.344. The van der Waals surface area contributed by atoms with E-state index in [9.17, 15) is 4.39 Å². The molecule has 0 saturated carbocycles. The van der Waals surface area contributed by atoms with E-state index < -0.39 is 0 Å². The van der Waals surface area contributed by atoms with Crippen LogP contribution in [0.15, 0.2) is 29.4 Å². The number of thioether (sulfide) groups is 1. The molecule has 122 valence electrons. The first-order valence-corrected chi connectivity index (χ1v) is 8.60. The molecule has 3 rings (SSSR count). The zero-order chi connectivity index (χ0) is 16.2. The van der Waals surface area contributed by atoms with Gasteiger partial charge in [-0.25, -0.2) is 19.3 Å². The van der Waals surface area contributed by atoms with Gasteiger partial charge in [-0.05, 0) is 30.7 Å². The summed E-state index contributed by atoms with van der Waals surface area (Å²) in [6, 6.07) is 5.22. The number of halogens is 2. The van der Waals surface area contributed by atoms with Gasteiger partial charge in [0.25, 0.3) is 0 Å². The van der Waals surface area contributed by atoms with Crippen LogP contribution in [0.3, 0.4) is 0 Å². The van der Waals surface area contributed by atoms with Crippen molar-refractivity contribution in [2.24, 2.45) is 0 Å². The molecule has 1 aliphatic heterocycles. The molecule has 23 heavy (non-hydrogen) atoms. The Labute approximate surface area is 143 Å². The molecular weight excluding hydrogens is 339 g/mol. The second-order valence-corrected chi connectivity index (χ2v) is 6.54. The number of aromatic nitrogens is 3. The van der Waals surface area contributed by atoms with Gasteiger partial charge >= 0.3 is 0 Å². The highest BCUT2D eigenvalue weighted by atomic mass is 35.5. The zero-order valence-corrected chi connectivity index (χ0v) is 14.1. The van der Waals surface area contributed by atoms with Crippen LogP contribution in [0.1, 0.15) is 12.6 Å². The molecule has 0 amide bonds. The van der Waals surface area contributed by atoms with Gasteiger partial charge in [0.05, 0.1) is 36.2 Å². The van der Waals surface area contributed by atoms with E-state index in [2.05, 4.69) is 26.8 Å². The maximum Gasteiger partial charge on any atom is 0.224 e. The highest BCUT2D eigenvalue weighted by Gasteiger charge is 2.21. The van der Waals surface area contributed by atoms with E-state index in [1.165, 1.54) is 24.0 Å². The van der Waals surface area contributed by atoms with Crippen LogP contribution in [-0.4, -0.2) is 40.8 Å². The highest BCUT2D eigenvalue weighted by Crippen LogP contribution is 2.24. The Kier molecular flexibility index (Phi) is 5.30. The van der Waals surface area contributed by atoms with Gasteiger partial charge in [0.15, 0.2) is 0 Å². The number of hydrogen-bond donors (Lipinski definition) is 0. The van der Waals surface area contributed by atoms with Crippen LogP contribution in [0.2, 0.25) is 5.28 Å². The molecule has 0 radical (unpaired) electrons. The van der Waals surface area contributed by atoms with Crippen LogP contribution in [-0.2, 0) is 10.5 Å². The highest BCUT2D eigenvalue weighted by molar-refractivity contribution is 7.98. The predicted octanol–water partition coefficient (Wildman–Crippen LogP) is 3.18. The van der Waals surface area contributed by atoms with Gasteiger partial charge in [0.1, 0.15) is 11.6 Å². The third-order valence-electron chi connectivity index (χ3n) is 3.47. The van der Waals surface area contributed by atoms with Gasteiger partial charge < -0.3 is 9.64 Å². The summed E-state index contributed by atoms with van der Waals surface area (Å²) in [5.41, 5.74) is 0.815. The largest absolute Gasteiger partial charge is 0.377 e. The van der Waals surface area contributed by atoms with E-state index >= 15 is 0 Å². The van der Waals surface area contributed by atoms with E-state index in [0.29, 0.717) is 19.0 Å². The van der Waals surface area contributed by atoms with Crippen LogP contribution >= 0.6 is 23.4 Å². The van der Waals surface area contributed by atoms with Gasteiger partial charge in [-0.1, -0.05) is 0 Å². The number of nitrogens with zero attached hydrogens (tertiary/aromatic N) is 4. The van der Waals surface area contributed by atoms with Crippen molar-refractivity contribution < 1.29 is 9.13 Å².